The summed E-state index contributed by atoms with van der Waals surface area (Å²) in [5, 5.41) is 18.1. The molecule has 96 valence electrons. The number of amides is 2. The third-order valence-corrected chi connectivity index (χ3v) is 2.29. The van der Waals surface area contributed by atoms with E-state index in [4.69, 9.17) is 5.11 Å². The minimum atomic E-state index is -0.189. The Bertz CT molecular complexity index is 313. The van der Waals surface area contributed by atoms with E-state index >= 15 is 0 Å². The molecule has 0 radical (unpaired) electrons. The van der Waals surface area contributed by atoms with Gasteiger partial charge in [0.15, 0.2) is 0 Å². The van der Waals surface area contributed by atoms with Gasteiger partial charge in [0, 0.05) is 38.6 Å². The van der Waals surface area contributed by atoms with Gasteiger partial charge in [0.05, 0.1) is 0 Å². The molecule has 2 amide bonds. The molecule has 0 spiro atoms. The van der Waals surface area contributed by atoms with Gasteiger partial charge in [0.25, 0.3) is 0 Å². The first-order valence-corrected chi connectivity index (χ1v) is 5.82. The third kappa shape index (κ3) is 5.91. The number of hydrogen-bond donors (Lipinski definition) is 3. The number of carbonyl (C=O) groups is 1. The molecule has 1 heterocycles. The van der Waals surface area contributed by atoms with Crippen molar-refractivity contribution in [1.29, 1.82) is 0 Å². The third-order valence-electron chi connectivity index (χ3n) is 2.29. The molecular formula is C11H20N4O2. The van der Waals surface area contributed by atoms with Crippen LogP contribution in [0.2, 0.25) is 0 Å². The van der Waals surface area contributed by atoms with Gasteiger partial charge in [0.2, 0.25) is 0 Å². The molecule has 1 aromatic rings. The zero-order chi connectivity index (χ0) is 12.5. The maximum atomic E-state index is 11.3. The van der Waals surface area contributed by atoms with Gasteiger partial charge in [-0.05, 0) is 18.4 Å². The number of carbonyl (C=O) groups excluding carboxylic acids is 1. The highest BCUT2D eigenvalue weighted by atomic mass is 16.3. The van der Waals surface area contributed by atoms with Gasteiger partial charge >= 0.3 is 6.03 Å². The Hall–Kier alpha value is -1.56. The molecule has 6 heteroatoms. The number of nitrogens with zero attached hydrogens (tertiary/aromatic N) is 2. The summed E-state index contributed by atoms with van der Waals surface area (Å²) in [5.41, 5.74) is 0. The van der Waals surface area contributed by atoms with Gasteiger partial charge in [-0.1, -0.05) is 6.92 Å². The van der Waals surface area contributed by atoms with E-state index in [0.717, 1.165) is 6.54 Å². The van der Waals surface area contributed by atoms with Gasteiger partial charge < -0.3 is 15.7 Å². The molecule has 1 atom stereocenters. The molecule has 1 rings (SSSR count). The van der Waals surface area contributed by atoms with Crippen LogP contribution in [0.4, 0.5) is 4.79 Å². The van der Waals surface area contributed by atoms with E-state index in [1.807, 2.05) is 16.9 Å². The molecule has 1 aromatic heterocycles. The maximum absolute atomic E-state index is 11.3. The minimum Gasteiger partial charge on any atom is -0.396 e. The van der Waals surface area contributed by atoms with Crippen molar-refractivity contribution in [2.75, 3.05) is 19.7 Å². The molecule has 0 aliphatic carbocycles. The second kappa shape index (κ2) is 7.67. The van der Waals surface area contributed by atoms with Crippen molar-refractivity contribution in [3.8, 4) is 0 Å². The van der Waals surface area contributed by atoms with E-state index in [1.54, 1.807) is 6.20 Å². The summed E-state index contributed by atoms with van der Waals surface area (Å²) in [5.74, 6) is 0.318. The first-order valence-electron chi connectivity index (χ1n) is 5.82. The quantitative estimate of drug-likeness (QED) is 0.596. The number of urea groups is 1. The molecule has 0 aliphatic rings. The van der Waals surface area contributed by atoms with Gasteiger partial charge in [-0.3, -0.25) is 4.68 Å². The van der Waals surface area contributed by atoms with E-state index in [-0.39, 0.29) is 12.6 Å². The van der Waals surface area contributed by atoms with E-state index in [9.17, 15) is 4.79 Å². The van der Waals surface area contributed by atoms with Crippen LogP contribution in [0.3, 0.4) is 0 Å². The SMILES string of the molecule is CC(CNC(=O)NCCCO)Cn1cccn1. The molecular weight excluding hydrogens is 220 g/mol. The Morgan fingerprint density at radius 1 is 1.53 bits per heavy atom. The Balaban J connectivity index is 2.10. The van der Waals surface area contributed by atoms with E-state index < -0.39 is 0 Å². The lowest BCUT2D eigenvalue weighted by molar-refractivity contribution is 0.235. The zero-order valence-electron chi connectivity index (χ0n) is 10.1. The number of aromatic nitrogens is 2. The van der Waals surface area contributed by atoms with Crippen LogP contribution in [0.25, 0.3) is 0 Å². The van der Waals surface area contributed by atoms with E-state index in [2.05, 4.69) is 22.7 Å². The Morgan fingerprint density at radius 2 is 2.35 bits per heavy atom. The van der Waals surface area contributed by atoms with Crippen molar-refractivity contribution in [2.45, 2.75) is 19.9 Å². The highest BCUT2D eigenvalue weighted by molar-refractivity contribution is 5.73. The molecule has 0 saturated heterocycles. The fourth-order valence-electron chi connectivity index (χ4n) is 1.40. The van der Waals surface area contributed by atoms with Crippen molar-refractivity contribution >= 4 is 6.03 Å². The highest BCUT2D eigenvalue weighted by Crippen LogP contribution is 1.97. The van der Waals surface area contributed by atoms with Crippen LogP contribution in [0.15, 0.2) is 18.5 Å². The van der Waals surface area contributed by atoms with Crippen LogP contribution < -0.4 is 10.6 Å². The number of hydrogen-bond acceptors (Lipinski definition) is 3. The molecule has 0 aliphatic heterocycles. The Morgan fingerprint density at radius 3 is 3.00 bits per heavy atom. The number of aliphatic hydroxyl groups excluding tert-OH is 1. The monoisotopic (exact) mass is 240 g/mol. The minimum absolute atomic E-state index is 0.0932. The van der Waals surface area contributed by atoms with Crippen LogP contribution in [-0.4, -0.2) is 40.6 Å². The lowest BCUT2D eigenvalue weighted by atomic mass is 10.2. The van der Waals surface area contributed by atoms with Crippen molar-refractivity contribution in [1.82, 2.24) is 20.4 Å². The topological polar surface area (TPSA) is 79.2 Å². The lowest BCUT2D eigenvalue weighted by Crippen LogP contribution is -2.39. The van der Waals surface area contributed by atoms with Gasteiger partial charge in [-0.2, -0.15) is 5.10 Å². The van der Waals surface area contributed by atoms with Crippen molar-refractivity contribution < 1.29 is 9.90 Å². The summed E-state index contributed by atoms with van der Waals surface area (Å²) in [6.07, 6.45) is 4.22. The summed E-state index contributed by atoms with van der Waals surface area (Å²) in [6, 6.07) is 1.69. The fraction of sp³-hybridized carbons (Fsp3) is 0.636. The molecule has 0 bridgehead atoms. The molecule has 3 N–H and O–H groups in total. The maximum Gasteiger partial charge on any atom is 0.314 e. The van der Waals surface area contributed by atoms with Gasteiger partial charge in [0.1, 0.15) is 0 Å². The highest BCUT2D eigenvalue weighted by Gasteiger charge is 2.05. The second-order valence-electron chi connectivity index (χ2n) is 4.05. The van der Waals surface area contributed by atoms with Crippen molar-refractivity contribution in [3.63, 3.8) is 0 Å². The predicted molar refractivity (Wildman–Crippen MR) is 64.5 cm³/mol. The zero-order valence-corrected chi connectivity index (χ0v) is 10.1. The Labute approximate surface area is 101 Å². The fourth-order valence-corrected chi connectivity index (χ4v) is 1.40. The molecule has 0 fully saturated rings. The van der Waals surface area contributed by atoms with Crippen molar-refractivity contribution in [3.05, 3.63) is 18.5 Å². The average Bonchev–Trinajstić information content (AvgIpc) is 2.79. The largest absolute Gasteiger partial charge is 0.396 e. The lowest BCUT2D eigenvalue weighted by Gasteiger charge is -2.13. The van der Waals surface area contributed by atoms with Gasteiger partial charge in [-0.15, -0.1) is 0 Å². The van der Waals surface area contributed by atoms with Crippen LogP contribution >= 0.6 is 0 Å². The molecule has 1 unspecified atom stereocenters. The molecule has 0 aromatic carbocycles. The number of nitrogens with one attached hydrogen (secondary N) is 2. The molecule has 6 nitrogen and oxygen atoms in total. The second-order valence-corrected chi connectivity index (χ2v) is 4.05. The summed E-state index contributed by atoms with van der Waals surface area (Å²) >= 11 is 0. The van der Waals surface area contributed by atoms with E-state index in [0.29, 0.717) is 25.4 Å². The standard InChI is InChI=1S/C11H20N4O2/c1-10(9-15-6-2-5-14-15)8-13-11(17)12-4-3-7-16/h2,5-6,10,16H,3-4,7-9H2,1H3,(H2,12,13,17). The smallest absolute Gasteiger partial charge is 0.314 e. The summed E-state index contributed by atoms with van der Waals surface area (Å²) in [4.78, 5) is 11.3. The van der Waals surface area contributed by atoms with Crippen LogP contribution in [-0.2, 0) is 6.54 Å². The van der Waals surface area contributed by atoms with Crippen molar-refractivity contribution in [2.24, 2.45) is 5.92 Å². The summed E-state index contributed by atoms with van der Waals surface area (Å²) in [6.45, 7) is 4.02. The first-order chi connectivity index (χ1) is 8.22. The van der Waals surface area contributed by atoms with Crippen LogP contribution in [0.1, 0.15) is 13.3 Å². The summed E-state index contributed by atoms with van der Waals surface area (Å²) < 4.78 is 1.84. The predicted octanol–water partition coefficient (Wildman–Crippen LogP) is 0.201. The van der Waals surface area contributed by atoms with E-state index in [1.165, 1.54) is 0 Å². The normalized spacial score (nSPS) is 12.1. The molecule has 17 heavy (non-hydrogen) atoms. The summed E-state index contributed by atoms with van der Waals surface area (Å²) in [7, 11) is 0. The van der Waals surface area contributed by atoms with Gasteiger partial charge in [-0.25, -0.2) is 4.79 Å². The Kier molecular flexibility index (Phi) is 6.09. The van der Waals surface area contributed by atoms with Crippen LogP contribution in [0.5, 0.6) is 0 Å². The van der Waals surface area contributed by atoms with Crippen LogP contribution in [0, 0.1) is 5.92 Å². The first kappa shape index (κ1) is 13.5. The average molecular weight is 240 g/mol. The number of aliphatic hydroxyl groups is 1. The number of rotatable bonds is 7. The molecule has 0 saturated carbocycles.